The lowest BCUT2D eigenvalue weighted by Crippen LogP contribution is -2.50. The minimum absolute atomic E-state index is 0.0473. The second-order valence-corrected chi connectivity index (χ2v) is 6.82. The molecule has 2 aromatic carbocycles. The predicted molar refractivity (Wildman–Crippen MR) is 99.6 cm³/mol. The van der Waals surface area contributed by atoms with Crippen LogP contribution in [0.3, 0.4) is 0 Å². The van der Waals surface area contributed by atoms with E-state index in [-0.39, 0.29) is 12.5 Å². The topological polar surface area (TPSA) is 32.8 Å². The van der Waals surface area contributed by atoms with E-state index in [0.717, 1.165) is 36.4 Å². The fourth-order valence-corrected chi connectivity index (χ4v) is 3.40. The maximum absolute atomic E-state index is 12.3. The summed E-state index contributed by atoms with van der Waals surface area (Å²) in [7, 11) is 0. The highest BCUT2D eigenvalue weighted by molar-refractivity contribution is 9.10. The molecule has 0 bridgehead atoms. The summed E-state index contributed by atoms with van der Waals surface area (Å²) in [6, 6.07) is 15.8. The third kappa shape index (κ3) is 4.09. The number of para-hydroxylation sites is 1. The lowest BCUT2D eigenvalue weighted by Gasteiger charge is -2.36. The first-order valence-corrected chi connectivity index (χ1v) is 8.89. The summed E-state index contributed by atoms with van der Waals surface area (Å²) in [5, 5.41) is 0. The Bertz CT molecular complexity index is 698. The Kier molecular flexibility index (Phi) is 5.41. The van der Waals surface area contributed by atoms with E-state index >= 15 is 0 Å². The van der Waals surface area contributed by atoms with E-state index in [2.05, 4.69) is 46.0 Å². The molecule has 0 radical (unpaired) electrons. The minimum Gasteiger partial charge on any atom is -0.484 e. The van der Waals surface area contributed by atoms with Crippen LogP contribution in [0.15, 0.2) is 53.0 Å². The molecule has 1 fully saturated rings. The van der Waals surface area contributed by atoms with Crippen molar-refractivity contribution in [3.05, 3.63) is 58.6 Å². The van der Waals surface area contributed by atoms with Gasteiger partial charge in [0.1, 0.15) is 5.75 Å². The number of rotatable bonds is 4. The number of piperazine rings is 1. The smallest absolute Gasteiger partial charge is 0.260 e. The van der Waals surface area contributed by atoms with Crippen LogP contribution in [0.4, 0.5) is 5.69 Å². The first kappa shape index (κ1) is 16.8. The molecule has 0 aromatic heterocycles. The average molecular weight is 389 g/mol. The maximum atomic E-state index is 12.3. The van der Waals surface area contributed by atoms with E-state index in [1.807, 2.05) is 35.2 Å². The van der Waals surface area contributed by atoms with E-state index in [9.17, 15) is 4.79 Å². The maximum Gasteiger partial charge on any atom is 0.260 e. The predicted octanol–water partition coefficient (Wildman–Crippen LogP) is 3.49. The molecule has 3 rings (SSSR count). The van der Waals surface area contributed by atoms with Crippen LogP contribution >= 0.6 is 15.9 Å². The molecule has 1 aliphatic rings. The number of aryl methyl sites for hydroxylation is 1. The van der Waals surface area contributed by atoms with Gasteiger partial charge in [0.05, 0.1) is 0 Å². The number of ether oxygens (including phenoxy) is 1. The summed E-state index contributed by atoms with van der Waals surface area (Å²) in [4.78, 5) is 16.5. The zero-order valence-corrected chi connectivity index (χ0v) is 15.3. The fraction of sp³-hybridized carbons (Fsp3) is 0.316. The van der Waals surface area contributed by atoms with Crippen LogP contribution < -0.4 is 9.64 Å². The standard InChI is InChI=1S/C19H21BrN2O2/c1-15-13-16(20)7-8-18(15)21-9-11-22(12-10-21)19(23)14-24-17-5-3-2-4-6-17/h2-8,13H,9-12,14H2,1H3. The highest BCUT2D eigenvalue weighted by Crippen LogP contribution is 2.24. The van der Waals surface area contributed by atoms with Crippen molar-refractivity contribution < 1.29 is 9.53 Å². The minimum atomic E-state index is 0.0473. The van der Waals surface area contributed by atoms with Crippen LogP contribution in [0.2, 0.25) is 0 Å². The number of halogens is 1. The van der Waals surface area contributed by atoms with Crippen molar-refractivity contribution in [3.8, 4) is 5.75 Å². The molecule has 1 saturated heterocycles. The van der Waals surface area contributed by atoms with Gasteiger partial charge in [0, 0.05) is 36.3 Å². The highest BCUT2D eigenvalue weighted by Gasteiger charge is 2.22. The van der Waals surface area contributed by atoms with E-state index < -0.39 is 0 Å². The summed E-state index contributed by atoms with van der Waals surface area (Å²) in [6.07, 6.45) is 0. The number of benzene rings is 2. The van der Waals surface area contributed by atoms with E-state index in [4.69, 9.17) is 4.74 Å². The Morgan fingerprint density at radius 2 is 1.79 bits per heavy atom. The van der Waals surface area contributed by atoms with Crippen LogP contribution in [0.5, 0.6) is 5.75 Å². The van der Waals surface area contributed by atoms with Crippen molar-refractivity contribution in [1.29, 1.82) is 0 Å². The van der Waals surface area contributed by atoms with Gasteiger partial charge in [-0.3, -0.25) is 4.79 Å². The average Bonchev–Trinajstić information content (AvgIpc) is 2.61. The van der Waals surface area contributed by atoms with Crippen LogP contribution in [-0.2, 0) is 4.79 Å². The first-order valence-electron chi connectivity index (χ1n) is 8.10. The van der Waals surface area contributed by atoms with Crippen molar-refractivity contribution in [3.63, 3.8) is 0 Å². The summed E-state index contributed by atoms with van der Waals surface area (Å²) >= 11 is 3.50. The second-order valence-electron chi connectivity index (χ2n) is 5.90. The second kappa shape index (κ2) is 7.71. The molecule has 1 amide bonds. The summed E-state index contributed by atoms with van der Waals surface area (Å²) < 4.78 is 6.65. The zero-order chi connectivity index (χ0) is 16.9. The van der Waals surface area contributed by atoms with E-state index in [1.54, 1.807) is 0 Å². The van der Waals surface area contributed by atoms with Gasteiger partial charge in [-0.05, 0) is 42.8 Å². The van der Waals surface area contributed by atoms with Gasteiger partial charge in [-0.2, -0.15) is 0 Å². The normalized spacial score (nSPS) is 14.6. The molecule has 0 spiro atoms. The van der Waals surface area contributed by atoms with Crippen molar-refractivity contribution >= 4 is 27.5 Å². The van der Waals surface area contributed by atoms with Crippen molar-refractivity contribution in [2.75, 3.05) is 37.7 Å². The fourth-order valence-electron chi connectivity index (χ4n) is 2.92. The van der Waals surface area contributed by atoms with Crippen molar-refractivity contribution in [2.24, 2.45) is 0 Å². The largest absolute Gasteiger partial charge is 0.484 e. The molecule has 1 aliphatic heterocycles. The third-order valence-corrected chi connectivity index (χ3v) is 4.73. The molecule has 1 heterocycles. The summed E-state index contributed by atoms with van der Waals surface area (Å²) in [6.45, 7) is 5.37. The number of hydrogen-bond donors (Lipinski definition) is 0. The quantitative estimate of drug-likeness (QED) is 0.803. The van der Waals surface area contributed by atoms with Gasteiger partial charge in [0.2, 0.25) is 0 Å². The number of nitrogens with zero attached hydrogens (tertiary/aromatic N) is 2. The van der Waals surface area contributed by atoms with Crippen LogP contribution in [0.1, 0.15) is 5.56 Å². The molecule has 4 nitrogen and oxygen atoms in total. The number of hydrogen-bond acceptors (Lipinski definition) is 3. The molecular formula is C19H21BrN2O2. The van der Waals surface area contributed by atoms with Crippen molar-refractivity contribution in [1.82, 2.24) is 4.90 Å². The van der Waals surface area contributed by atoms with Gasteiger partial charge in [0.25, 0.3) is 5.91 Å². The van der Waals surface area contributed by atoms with Gasteiger partial charge in [-0.25, -0.2) is 0 Å². The first-order chi connectivity index (χ1) is 11.6. The Labute approximate surface area is 151 Å². The number of carbonyl (C=O) groups is 1. The number of amides is 1. The summed E-state index contributed by atoms with van der Waals surface area (Å²) in [5.41, 5.74) is 2.49. The highest BCUT2D eigenvalue weighted by atomic mass is 79.9. The van der Waals surface area contributed by atoms with Gasteiger partial charge in [-0.1, -0.05) is 34.1 Å². The SMILES string of the molecule is Cc1cc(Br)ccc1N1CCN(C(=O)COc2ccccc2)CC1. The molecule has 0 atom stereocenters. The van der Waals surface area contributed by atoms with Crippen molar-refractivity contribution in [2.45, 2.75) is 6.92 Å². The monoisotopic (exact) mass is 388 g/mol. The Balaban J connectivity index is 1.52. The van der Waals surface area contributed by atoms with E-state index in [0.29, 0.717) is 0 Å². The molecular weight excluding hydrogens is 368 g/mol. The molecule has 0 saturated carbocycles. The van der Waals surface area contributed by atoms with Crippen LogP contribution in [-0.4, -0.2) is 43.6 Å². The molecule has 24 heavy (non-hydrogen) atoms. The molecule has 0 N–H and O–H groups in total. The van der Waals surface area contributed by atoms with Gasteiger partial charge < -0.3 is 14.5 Å². The van der Waals surface area contributed by atoms with Gasteiger partial charge >= 0.3 is 0 Å². The molecule has 0 aliphatic carbocycles. The Hall–Kier alpha value is -2.01. The van der Waals surface area contributed by atoms with Crippen LogP contribution in [0.25, 0.3) is 0 Å². The Morgan fingerprint density at radius 3 is 2.46 bits per heavy atom. The van der Waals surface area contributed by atoms with Gasteiger partial charge in [0.15, 0.2) is 6.61 Å². The lowest BCUT2D eigenvalue weighted by atomic mass is 10.1. The molecule has 0 unspecified atom stereocenters. The number of carbonyl (C=O) groups excluding carboxylic acids is 1. The Morgan fingerprint density at radius 1 is 1.08 bits per heavy atom. The van der Waals surface area contributed by atoms with E-state index in [1.165, 1.54) is 11.3 Å². The molecule has 2 aromatic rings. The third-order valence-electron chi connectivity index (χ3n) is 4.24. The van der Waals surface area contributed by atoms with Crippen LogP contribution in [0, 0.1) is 6.92 Å². The molecule has 126 valence electrons. The molecule has 5 heteroatoms. The number of anilines is 1. The van der Waals surface area contributed by atoms with Gasteiger partial charge in [-0.15, -0.1) is 0 Å². The lowest BCUT2D eigenvalue weighted by molar-refractivity contribution is -0.133. The summed E-state index contributed by atoms with van der Waals surface area (Å²) in [5.74, 6) is 0.779. The zero-order valence-electron chi connectivity index (χ0n) is 13.7.